The van der Waals surface area contributed by atoms with Gasteiger partial charge >= 0.3 is 0 Å². The normalized spacial score (nSPS) is 18.3. The Morgan fingerprint density at radius 2 is 1.52 bits per heavy atom. The van der Waals surface area contributed by atoms with Gasteiger partial charge in [-0.05, 0) is 34.7 Å². The maximum absolute atomic E-state index is 12.1. The number of hydrogen-bond donors (Lipinski definition) is 2. The fourth-order valence-corrected chi connectivity index (χ4v) is 7.66. The van der Waals surface area contributed by atoms with Crippen LogP contribution in [0.25, 0.3) is 0 Å². The van der Waals surface area contributed by atoms with E-state index in [0.29, 0.717) is 6.04 Å². The van der Waals surface area contributed by atoms with Crippen molar-refractivity contribution in [1.29, 1.82) is 0 Å². The average molecular weight is 352 g/mol. The molecule has 1 aliphatic rings. The quantitative estimate of drug-likeness (QED) is 0.619. The van der Waals surface area contributed by atoms with Gasteiger partial charge < -0.3 is 10.1 Å². The molecule has 3 rings (SSSR count). The molecule has 0 aromatic heterocycles. The Morgan fingerprint density at radius 1 is 0.960 bits per heavy atom. The highest BCUT2D eigenvalue weighted by molar-refractivity contribution is 6.98. The Bertz CT molecular complexity index is 657. The van der Waals surface area contributed by atoms with Crippen LogP contribution in [0.1, 0.15) is 33.1 Å². The molecule has 1 aliphatic heterocycles. The highest BCUT2D eigenvalue weighted by Gasteiger charge is 2.49. The van der Waals surface area contributed by atoms with Crippen LogP contribution in [0.15, 0.2) is 72.8 Å². The van der Waals surface area contributed by atoms with Gasteiger partial charge in [0.1, 0.15) is 0 Å². The van der Waals surface area contributed by atoms with Crippen LogP contribution in [0.4, 0.5) is 0 Å². The first-order chi connectivity index (χ1) is 12.0. The summed E-state index contributed by atoms with van der Waals surface area (Å²) in [4.78, 5) is 12.1. The van der Waals surface area contributed by atoms with Crippen molar-refractivity contribution in [2.75, 3.05) is 6.54 Å². The van der Waals surface area contributed by atoms with Gasteiger partial charge in [-0.15, -0.1) is 0 Å². The molecule has 0 saturated carbocycles. The minimum absolute atomic E-state index is 0.154. The van der Waals surface area contributed by atoms with Crippen molar-refractivity contribution < 1.29 is 4.80 Å². The van der Waals surface area contributed by atoms with Crippen LogP contribution < -0.4 is 15.7 Å². The van der Waals surface area contributed by atoms with Gasteiger partial charge in [-0.1, -0.05) is 86.7 Å². The molecule has 0 aliphatic carbocycles. The summed E-state index contributed by atoms with van der Waals surface area (Å²) in [7, 11) is -2.86. The van der Waals surface area contributed by atoms with Gasteiger partial charge in [-0.25, -0.2) is 0 Å². The van der Waals surface area contributed by atoms with E-state index < -0.39 is 8.32 Å². The van der Waals surface area contributed by atoms with Crippen molar-refractivity contribution in [1.82, 2.24) is 5.32 Å². The molecule has 0 spiro atoms. The molecule has 1 unspecified atom stereocenters. The zero-order chi connectivity index (χ0) is 17.8. The third-order valence-corrected chi connectivity index (χ3v) is 10.1. The van der Waals surface area contributed by atoms with Gasteiger partial charge in [0.2, 0.25) is 0 Å². The van der Waals surface area contributed by atoms with Crippen molar-refractivity contribution in [3.63, 3.8) is 0 Å². The van der Waals surface area contributed by atoms with E-state index in [0.717, 1.165) is 36.2 Å². The summed E-state index contributed by atoms with van der Waals surface area (Å²) in [5, 5.41) is 5.61. The summed E-state index contributed by atoms with van der Waals surface area (Å²) in [5.74, 6) is 0. The third kappa shape index (κ3) is 3.79. The Morgan fingerprint density at radius 3 is 2.00 bits per heavy atom. The number of nitrogens with one attached hydrogen (secondary N) is 1. The lowest BCUT2D eigenvalue weighted by Gasteiger charge is -2.42. The Kier molecular flexibility index (Phi) is 5.57. The first-order valence-electron chi connectivity index (χ1n) is 9.26. The maximum atomic E-state index is 12.1. The molecule has 0 fully saturated rings. The minimum Gasteiger partial charge on any atom is -0.424 e. The third-order valence-electron chi connectivity index (χ3n) is 5.59. The predicted octanol–water partition coefficient (Wildman–Crippen LogP) is 3.22. The van der Waals surface area contributed by atoms with Crippen molar-refractivity contribution in [3.8, 4) is 0 Å². The first-order valence-corrected chi connectivity index (χ1v) is 11.2. The highest BCUT2D eigenvalue weighted by atomic mass is 28.4. The lowest BCUT2D eigenvalue weighted by Crippen LogP contribution is -2.65. The monoisotopic (exact) mass is 351 g/mol. The molecule has 1 heterocycles. The van der Waals surface area contributed by atoms with E-state index in [1.165, 1.54) is 0 Å². The standard InChI is InChI=1S/C22H29NOSi/c1-22(2,17-16-19-11-9-10-18-23-19)25(24,20-12-5-3-6-13-20)21-14-7-4-8-15-21/h3-10,12-15,19,23-24H,11,16-18H2,1-2H3. The summed E-state index contributed by atoms with van der Waals surface area (Å²) in [6, 6.07) is 21.1. The van der Waals surface area contributed by atoms with Crippen LogP contribution in [0.2, 0.25) is 5.04 Å². The van der Waals surface area contributed by atoms with Gasteiger partial charge in [0.15, 0.2) is 0 Å². The summed E-state index contributed by atoms with van der Waals surface area (Å²) in [6.45, 7) is 5.46. The highest BCUT2D eigenvalue weighted by Crippen LogP contribution is 2.40. The molecule has 0 radical (unpaired) electrons. The van der Waals surface area contributed by atoms with E-state index in [4.69, 9.17) is 0 Å². The molecule has 2 nitrogen and oxygen atoms in total. The van der Waals surface area contributed by atoms with Crippen LogP contribution >= 0.6 is 0 Å². The first kappa shape index (κ1) is 18.1. The molecular weight excluding hydrogens is 322 g/mol. The van der Waals surface area contributed by atoms with Crippen LogP contribution in [0.3, 0.4) is 0 Å². The van der Waals surface area contributed by atoms with Crippen molar-refractivity contribution in [3.05, 3.63) is 72.8 Å². The topological polar surface area (TPSA) is 32.3 Å². The summed E-state index contributed by atoms with van der Waals surface area (Å²) in [6.07, 6.45) is 7.65. The van der Waals surface area contributed by atoms with Crippen LogP contribution in [0, 0.1) is 0 Å². The van der Waals surface area contributed by atoms with Gasteiger partial charge in [-0.3, -0.25) is 0 Å². The fraction of sp³-hybridized carbons (Fsp3) is 0.364. The number of benzene rings is 2. The molecule has 0 bridgehead atoms. The largest absolute Gasteiger partial charge is 0.424 e. The molecule has 3 heteroatoms. The Hall–Kier alpha value is -1.68. The smallest absolute Gasteiger partial charge is 0.258 e. The van der Waals surface area contributed by atoms with Gasteiger partial charge in [-0.2, -0.15) is 0 Å². The van der Waals surface area contributed by atoms with Crippen molar-refractivity contribution in [2.45, 2.75) is 44.2 Å². The minimum atomic E-state index is -2.86. The van der Waals surface area contributed by atoms with Crippen LogP contribution in [0.5, 0.6) is 0 Å². The number of rotatable bonds is 6. The van der Waals surface area contributed by atoms with E-state index in [2.05, 4.69) is 55.6 Å². The van der Waals surface area contributed by atoms with E-state index in [1.54, 1.807) is 0 Å². The molecule has 0 saturated heterocycles. The molecule has 1 atom stereocenters. The second-order valence-corrected chi connectivity index (χ2v) is 11.6. The Labute approximate surface area is 152 Å². The van der Waals surface area contributed by atoms with Crippen molar-refractivity contribution in [2.24, 2.45) is 0 Å². The molecule has 2 N–H and O–H groups in total. The molecule has 25 heavy (non-hydrogen) atoms. The van der Waals surface area contributed by atoms with E-state index in [1.807, 2.05) is 36.4 Å². The second-order valence-electron chi connectivity index (χ2n) is 7.68. The van der Waals surface area contributed by atoms with Gasteiger partial charge in [0.25, 0.3) is 8.32 Å². The predicted molar refractivity (Wildman–Crippen MR) is 109 cm³/mol. The van der Waals surface area contributed by atoms with Crippen molar-refractivity contribution >= 4 is 18.7 Å². The summed E-state index contributed by atoms with van der Waals surface area (Å²) in [5.41, 5.74) is 0. The summed E-state index contributed by atoms with van der Waals surface area (Å²) >= 11 is 0. The summed E-state index contributed by atoms with van der Waals surface area (Å²) < 4.78 is 0. The lowest BCUT2D eigenvalue weighted by molar-refractivity contribution is 0.408. The van der Waals surface area contributed by atoms with Gasteiger partial charge in [0, 0.05) is 12.6 Å². The SMILES string of the molecule is CC(C)(CCC1CC=CCN1)[Si](O)(c1ccccc1)c1ccccc1. The van der Waals surface area contributed by atoms with E-state index in [-0.39, 0.29) is 5.04 Å². The lowest BCUT2D eigenvalue weighted by atomic mass is 9.99. The second kappa shape index (κ2) is 7.69. The van der Waals surface area contributed by atoms with Crippen LogP contribution in [-0.4, -0.2) is 25.7 Å². The van der Waals surface area contributed by atoms with E-state index >= 15 is 0 Å². The molecular formula is C22H29NOSi. The molecule has 2 aromatic carbocycles. The average Bonchev–Trinajstić information content (AvgIpc) is 2.68. The molecule has 132 valence electrons. The Balaban J connectivity index is 1.91. The van der Waals surface area contributed by atoms with E-state index in [9.17, 15) is 4.80 Å². The zero-order valence-corrected chi connectivity index (χ0v) is 16.3. The van der Waals surface area contributed by atoms with Gasteiger partial charge in [0.05, 0.1) is 0 Å². The number of hydrogen-bond acceptors (Lipinski definition) is 2. The zero-order valence-electron chi connectivity index (χ0n) is 15.3. The van der Waals surface area contributed by atoms with Crippen LogP contribution in [-0.2, 0) is 0 Å². The molecule has 2 aromatic rings. The molecule has 0 amide bonds. The fourth-order valence-electron chi connectivity index (χ4n) is 3.90. The maximum Gasteiger partial charge on any atom is 0.258 e.